The number of rotatable bonds is 1. The maximum atomic E-state index is 10.8. The average molecular weight is 324 g/mol. The van der Waals surface area contributed by atoms with E-state index in [1.54, 1.807) is 13.8 Å². The summed E-state index contributed by atoms with van der Waals surface area (Å²) in [5.74, 6) is 0. The highest BCUT2D eigenvalue weighted by molar-refractivity contribution is 9.11. The minimum atomic E-state index is -0.435. The number of nitro groups is 1. The van der Waals surface area contributed by atoms with Gasteiger partial charge in [-0.3, -0.25) is 10.1 Å². The number of anilines is 1. The Hall–Kier alpha value is -0.620. The predicted molar refractivity (Wildman–Crippen MR) is 62.4 cm³/mol. The number of nitrogens with zero attached hydrogens (tertiary/aromatic N) is 1. The summed E-state index contributed by atoms with van der Waals surface area (Å²) in [5, 5.41) is 10.8. The minimum absolute atomic E-state index is 0.0307. The standard InChI is InChI=1S/C8H8Br2N2O2/c1-3-5(9)7(11)4(2)8(6(3)10)12(13)14/h11H2,1-2H3. The molecule has 1 aromatic carbocycles. The molecule has 1 aromatic rings. The minimum Gasteiger partial charge on any atom is -0.397 e. The van der Waals surface area contributed by atoms with E-state index in [0.29, 0.717) is 20.2 Å². The predicted octanol–water partition coefficient (Wildman–Crippen LogP) is 3.32. The molecule has 0 saturated heterocycles. The molecule has 0 heterocycles. The fourth-order valence-electron chi connectivity index (χ4n) is 1.15. The highest BCUT2D eigenvalue weighted by atomic mass is 79.9. The summed E-state index contributed by atoms with van der Waals surface area (Å²) in [6.45, 7) is 3.39. The Morgan fingerprint density at radius 3 is 2.14 bits per heavy atom. The van der Waals surface area contributed by atoms with Gasteiger partial charge in [0.2, 0.25) is 0 Å². The Labute approximate surface area is 97.9 Å². The van der Waals surface area contributed by atoms with Crippen LogP contribution in [-0.4, -0.2) is 4.92 Å². The van der Waals surface area contributed by atoms with Crippen LogP contribution < -0.4 is 5.73 Å². The van der Waals surface area contributed by atoms with Crippen LogP contribution in [0, 0.1) is 24.0 Å². The summed E-state index contributed by atoms with van der Waals surface area (Å²) in [5.41, 5.74) is 7.37. The third-order valence-corrected chi connectivity index (χ3v) is 4.04. The van der Waals surface area contributed by atoms with E-state index in [1.807, 2.05) is 0 Å². The average Bonchev–Trinajstić information content (AvgIpc) is 2.11. The topological polar surface area (TPSA) is 69.2 Å². The summed E-state index contributed by atoms with van der Waals surface area (Å²) in [6.07, 6.45) is 0. The lowest BCUT2D eigenvalue weighted by Gasteiger charge is -2.09. The Morgan fingerprint density at radius 1 is 1.21 bits per heavy atom. The van der Waals surface area contributed by atoms with Crippen molar-refractivity contribution in [1.29, 1.82) is 0 Å². The van der Waals surface area contributed by atoms with E-state index in [9.17, 15) is 10.1 Å². The Kier molecular flexibility index (Phi) is 3.16. The molecule has 0 saturated carbocycles. The zero-order valence-electron chi connectivity index (χ0n) is 7.60. The molecule has 0 bridgehead atoms. The van der Waals surface area contributed by atoms with Gasteiger partial charge in [-0.2, -0.15) is 0 Å². The fourth-order valence-corrected chi connectivity index (χ4v) is 2.55. The quantitative estimate of drug-likeness (QED) is 0.489. The van der Waals surface area contributed by atoms with Crippen molar-refractivity contribution < 1.29 is 4.92 Å². The third-order valence-electron chi connectivity index (χ3n) is 2.04. The van der Waals surface area contributed by atoms with Crippen molar-refractivity contribution >= 4 is 43.2 Å². The van der Waals surface area contributed by atoms with Gasteiger partial charge >= 0.3 is 0 Å². The van der Waals surface area contributed by atoms with Crippen LogP contribution in [0.25, 0.3) is 0 Å². The molecule has 0 unspecified atom stereocenters. The van der Waals surface area contributed by atoms with E-state index in [-0.39, 0.29) is 5.69 Å². The molecule has 0 aromatic heterocycles. The van der Waals surface area contributed by atoms with Gasteiger partial charge in [0.05, 0.1) is 20.6 Å². The van der Waals surface area contributed by atoms with Gasteiger partial charge in [-0.1, -0.05) is 0 Å². The van der Waals surface area contributed by atoms with Gasteiger partial charge in [0.25, 0.3) is 5.69 Å². The van der Waals surface area contributed by atoms with E-state index in [1.165, 1.54) is 0 Å². The van der Waals surface area contributed by atoms with Crippen LogP contribution in [0.2, 0.25) is 0 Å². The molecule has 76 valence electrons. The molecule has 0 fully saturated rings. The summed E-state index contributed by atoms with van der Waals surface area (Å²) < 4.78 is 1.17. The lowest BCUT2D eigenvalue weighted by Crippen LogP contribution is -2.01. The van der Waals surface area contributed by atoms with Crippen LogP contribution in [0.1, 0.15) is 11.1 Å². The first-order valence-electron chi connectivity index (χ1n) is 3.76. The largest absolute Gasteiger partial charge is 0.397 e. The number of nitro benzene ring substituents is 1. The van der Waals surface area contributed by atoms with E-state index in [0.717, 1.165) is 5.56 Å². The SMILES string of the molecule is Cc1c(Br)c(N)c(C)c([N+](=O)[O-])c1Br. The summed E-state index contributed by atoms with van der Waals surface area (Å²) in [4.78, 5) is 10.3. The summed E-state index contributed by atoms with van der Waals surface area (Å²) in [7, 11) is 0. The van der Waals surface area contributed by atoms with E-state index < -0.39 is 4.92 Å². The van der Waals surface area contributed by atoms with E-state index in [4.69, 9.17) is 5.73 Å². The monoisotopic (exact) mass is 322 g/mol. The molecular weight excluding hydrogens is 316 g/mol. The fraction of sp³-hybridized carbons (Fsp3) is 0.250. The zero-order valence-corrected chi connectivity index (χ0v) is 10.8. The van der Waals surface area contributed by atoms with Crippen molar-refractivity contribution in [3.63, 3.8) is 0 Å². The molecule has 4 nitrogen and oxygen atoms in total. The van der Waals surface area contributed by atoms with Crippen LogP contribution in [0.3, 0.4) is 0 Å². The Morgan fingerprint density at radius 2 is 1.71 bits per heavy atom. The molecule has 0 amide bonds. The molecular formula is C8H8Br2N2O2. The molecule has 0 spiro atoms. The van der Waals surface area contributed by atoms with Gasteiger partial charge in [0.1, 0.15) is 0 Å². The van der Waals surface area contributed by atoms with Crippen LogP contribution in [0.4, 0.5) is 11.4 Å². The van der Waals surface area contributed by atoms with Gasteiger partial charge in [-0.25, -0.2) is 0 Å². The van der Waals surface area contributed by atoms with Gasteiger partial charge in [0.15, 0.2) is 0 Å². The van der Waals surface area contributed by atoms with Gasteiger partial charge < -0.3 is 5.73 Å². The number of nitrogens with two attached hydrogens (primary N) is 1. The summed E-state index contributed by atoms with van der Waals surface area (Å²) >= 11 is 6.48. The van der Waals surface area contributed by atoms with E-state index >= 15 is 0 Å². The smallest absolute Gasteiger partial charge is 0.288 e. The van der Waals surface area contributed by atoms with E-state index in [2.05, 4.69) is 31.9 Å². The van der Waals surface area contributed by atoms with Crippen molar-refractivity contribution in [2.75, 3.05) is 5.73 Å². The number of hydrogen-bond acceptors (Lipinski definition) is 3. The second kappa shape index (κ2) is 3.86. The van der Waals surface area contributed by atoms with Crippen LogP contribution in [0.5, 0.6) is 0 Å². The lowest BCUT2D eigenvalue weighted by molar-refractivity contribution is -0.386. The number of nitrogen functional groups attached to an aromatic ring is 1. The molecule has 0 aliphatic heterocycles. The zero-order chi connectivity index (χ0) is 11.0. The molecule has 0 aliphatic rings. The number of hydrogen-bond donors (Lipinski definition) is 1. The molecule has 6 heteroatoms. The highest BCUT2D eigenvalue weighted by Gasteiger charge is 2.23. The maximum Gasteiger partial charge on any atom is 0.288 e. The Bertz CT molecular complexity index is 389. The molecule has 0 aliphatic carbocycles. The second-order valence-corrected chi connectivity index (χ2v) is 4.48. The van der Waals surface area contributed by atoms with Crippen LogP contribution in [0.15, 0.2) is 8.95 Å². The van der Waals surface area contributed by atoms with Crippen LogP contribution >= 0.6 is 31.9 Å². The van der Waals surface area contributed by atoms with Crippen molar-refractivity contribution in [2.45, 2.75) is 13.8 Å². The third kappa shape index (κ3) is 1.64. The molecule has 2 N–H and O–H groups in total. The van der Waals surface area contributed by atoms with Crippen molar-refractivity contribution in [2.24, 2.45) is 0 Å². The van der Waals surface area contributed by atoms with Crippen molar-refractivity contribution in [3.05, 3.63) is 30.2 Å². The Balaban J connectivity index is 3.68. The first-order valence-corrected chi connectivity index (χ1v) is 5.34. The number of halogens is 2. The normalized spacial score (nSPS) is 10.3. The first kappa shape index (κ1) is 11.5. The molecule has 0 radical (unpaired) electrons. The molecule has 0 atom stereocenters. The summed E-state index contributed by atoms with van der Waals surface area (Å²) in [6, 6.07) is 0. The van der Waals surface area contributed by atoms with Gasteiger partial charge in [-0.05, 0) is 51.3 Å². The van der Waals surface area contributed by atoms with Crippen molar-refractivity contribution in [1.82, 2.24) is 0 Å². The second-order valence-electron chi connectivity index (χ2n) is 2.90. The molecule has 1 rings (SSSR count). The van der Waals surface area contributed by atoms with Gasteiger partial charge in [0, 0.05) is 4.47 Å². The van der Waals surface area contributed by atoms with Crippen molar-refractivity contribution in [3.8, 4) is 0 Å². The maximum absolute atomic E-state index is 10.8. The number of benzene rings is 1. The highest BCUT2D eigenvalue weighted by Crippen LogP contribution is 2.40. The lowest BCUT2D eigenvalue weighted by atomic mass is 10.1. The van der Waals surface area contributed by atoms with Gasteiger partial charge in [-0.15, -0.1) is 0 Å². The van der Waals surface area contributed by atoms with Crippen LogP contribution in [-0.2, 0) is 0 Å². The first-order chi connectivity index (χ1) is 6.37. The molecule has 14 heavy (non-hydrogen) atoms.